The predicted octanol–water partition coefficient (Wildman–Crippen LogP) is 3.24. The summed E-state index contributed by atoms with van der Waals surface area (Å²) in [6.07, 6.45) is 0.585. The lowest BCUT2D eigenvalue weighted by Gasteiger charge is -2.35. The number of carbonyl (C=O) groups excluding carboxylic acids is 4. The molecule has 1 aromatic heterocycles. The number of likely N-dealkylation sites (tertiary alicyclic amines) is 1. The number of nitrogens with zero attached hydrogens (tertiary/aromatic N) is 3. The van der Waals surface area contributed by atoms with Gasteiger partial charge in [0.25, 0.3) is 5.91 Å². The molecule has 1 aromatic carbocycles. The second kappa shape index (κ2) is 14.2. The molecule has 4 atom stereocenters. The first-order chi connectivity index (χ1) is 22.3. The average molecular weight is 707 g/mol. The third-order valence-corrected chi connectivity index (χ3v) is 9.86. The van der Waals surface area contributed by atoms with Crippen molar-refractivity contribution in [2.45, 2.75) is 102 Å². The van der Waals surface area contributed by atoms with Gasteiger partial charge in [0, 0.05) is 17.2 Å². The van der Waals surface area contributed by atoms with Crippen molar-refractivity contribution in [1.29, 1.82) is 0 Å². The Morgan fingerprint density at radius 3 is 2.29 bits per heavy atom. The number of ether oxygens (including phenoxy) is 2. The summed E-state index contributed by atoms with van der Waals surface area (Å²) < 4.78 is 38.6. The molecule has 0 radical (unpaired) electrons. The van der Waals surface area contributed by atoms with Crippen LogP contribution in [0.3, 0.4) is 0 Å². The minimum absolute atomic E-state index is 0.0255. The molecule has 1 saturated carbocycles. The zero-order valence-electron chi connectivity index (χ0n) is 27.9. The summed E-state index contributed by atoms with van der Waals surface area (Å²) in [6.45, 7) is 13.9. The van der Waals surface area contributed by atoms with E-state index in [0.717, 1.165) is 0 Å². The first kappa shape index (κ1) is 36.8. The molecule has 48 heavy (non-hydrogen) atoms. The number of aromatic nitrogens is 2. The topological polar surface area (TPSA) is 186 Å². The molecule has 2 aromatic rings. The van der Waals surface area contributed by atoms with Gasteiger partial charge in [-0.3, -0.25) is 19.1 Å². The molecule has 0 unspecified atom stereocenters. The minimum atomic E-state index is -3.89. The predicted molar refractivity (Wildman–Crippen MR) is 179 cm³/mol. The van der Waals surface area contributed by atoms with E-state index in [4.69, 9.17) is 21.1 Å². The molecule has 2 heterocycles. The molecule has 2 fully saturated rings. The van der Waals surface area contributed by atoms with Gasteiger partial charge >= 0.3 is 6.09 Å². The summed E-state index contributed by atoms with van der Waals surface area (Å²) in [5.74, 6) is -2.09. The number of halogens is 1. The van der Waals surface area contributed by atoms with Crippen molar-refractivity contribution in [3.05, 3.63) is 42.1 Å². The lowest BCUT2D eigenvalue weighted by Crippen LogP contribution is -2.59. The molecular formula is C32H43ClN6O8S. The van der Waals surface area contributed by atoms with Crippen molar-refractivity contribution in [1.82, 2.24) is 30.5 Å². The number of hydrogen-bond donors (Lipinski definition) is 3. The fraction of sp³-hybridized carbons (Fsp3) is 0.562. The molecule has 1 aliphatic carbocycles. The van der Waals surface area contributed by atoms with Crippen molar-refractivity contribution in [2.75, 3.05) is 6.54 Å². The fourth-order valence-corrected chi connectivity index (χ4v) is 6.79. The maximum Gasteiger partial charge on any atom is 0.408 e. The van der Waals surface area contributed by atoms with E-state index >= 15 is 0 Å². The van der Waals surface area contributed by atoms with Gasteiger partial charge in [0.15, 0.2) is 5.15 Å². The second-order valence-electron chi connectivity index (χ2n) is 14.1. The quantitative estimate of drug-likeness (QED) is 0.293. The van der Waals surface area contributed by atoms with Gasteiger partial charge in [-0.1, -0.05) is 56.6 Å². The number of hydrogen-bond acceptors (Lipinski definition) is 10. The third-order valence-electron chi connectivity index (χ3n) is 7.75. The van der Waals surface area contributed by atoms with Gasteiger partial charge in [-0.25, -0.2) is 13.2 Å². The first-order valence-electron chi connectivity index (χ1n) is 15.6. The summed E-state index contributed by atoms with van der Waals surface area (Å²) in [5, 5.41) is 14.0. The fourth-order valence-electron chi connectivity index (χ4n) is 5.25. The first-order valence-corrected chi connectivity index (χ1v) is 17.6. The number of amides is 4. The molecule has 14 nitrogen and oxygen atoms in total. The summed E-state index contributed by atoms with van der Waals surface area (Å²) in [4.78, 5) is 55.3. The van der Waals surface area contributed by atoms with Crippen LogP contribution < -0.4 is 20.1 Å². The highest BCUT2D eigenvalue weighted by atomic mass is 35.5. The van der Waals surface area contributed by atoms with Gasteiger partial charge in [0.05, 0.1) is 11.8 Å². The van der Waals surface area contributed by atoms with Crippen molar-refractivity contribution in [3.8, 4) is 5.88 Å². The monoisotopic (exact) mass is 706 g/mol. The van der Waals surface area contributed by atoms with Crippen LogP contribution in [0.15, 0.2) is 36.9 Å². The zero-order chi connectivity index (χ0) is 35.6. The van der Waals surface area contributed by atoms with Gasteiger partial charge in [-0.2, -0.15) is 0 Å². The van der Waals surface area contributed by atoms with Crippen LogP contribution in [0.5, 0.6) is 5.88 Å². The van der Waals surface area contributed by atoms with Crippen LogP contribution in [-0.4, -0.2) is 89.0 Å². The van der Waals surface area contributed by atoms with E-state index < -0.39 is 74.3 Å². The normalized spacial score (nSPS) is 19.6. The Labute approximate surface area is 285 Å². The molecule has 0 spiro atoms. The molecule has 4 rings (SSSR count). The standard InChI is InChI=1S/C32H43ClN6O8S/c1-8-11-22(26(40)38-48(44,45)19-14-15-19)34-27(41)23-16-18(46-28-21-13-10-9-12-20(21)25(33)36-37-28)17-39(23)29(42)24(31(2,3)4)35-30(43)47-32(5,6)7/h8-10,12-13,18-19,22-24H,1,11,14-17H2,2-7H3,(H,34,41)(H,35,43)(H,38,40)/t18-,22-,23+,24-/m1/s1. The Morgan fingerprint density at radius 2 is 1.71 bits per heavy atom. The van der Waals surface area contributed by atoms with Crippen LogP contribution in [-0.2, 0) is 29.1 Å². The van der Waals surface area contributed by atoms with E-state index in [9.17, 15) is 27.6 Å². The third kappa shape index (κ3) is 9.13. The second-order valence-corrected chi connectivity index (χ2v) is 16.4. The summed E-state index contributed by atoms with van der Waals surface area (Å²) in [5.41, 5.74) is -1.66. The molecule has 1 saturated heterocycles. The summed E-state index contributed by atoms with van der Waals surface area (Å²) in [7, 11) is -3.89. The number of fused-ring (bicyclic) bond motifs is 1. The van der Waals surface area contributed by atoms with Gasteiger partial charge in [0.1, 0.15) is 29.8 Å². The smallest absolute Gasteiger partial charge is 0.408 e. The van der Waals surface area contributed by atoms with E-state index in [1.54, 1.807) is 65.8 Å². The molecule has 262 valence electrons. The van der Waals surface area contributed by atoms with E-state index in [-0.39, 0.29) is 30.4 Å². The highest BCUT2D eigenvalue weighted by Crippen LogP contribution is 2.32. The number of alkyl carbamates (subject to hydrolysis) is 1. The number of nitrogens with one attached hydrogen (secondary N) is 3. The van der Waals surface area contributed by atoms with Gasteiger partial charge < -0.3 is 25.0 Å². The van der Waals surface area contributed by atoms with Crippen molar-refractivity contribution in [3.63, 3.8) is 0 Å². The number of benzene rings is 1. The Morgan fingerprint density at radius 1 is 1.06 bits per heavy atom. The van der Waals surface area contributed by atoms with E-state index in [1.165, 1.54) is 11.0 Å². The van der Waals surface area contributed by atoms with Crippen molar-refractivity contribution < 1.29 is 37.1 Å². The maximum atomic E-state index is 14.3. The van der Waals surface area contributed by atoms with Crippen LogP contribution in [0.1, 0.15) is 67.2 Å². The maximum absolute atomic E-state index is 14.3. The van der Waals surface area contributed by atoms with Gasteiger partial charge in [-0.15, -0.1) is 16.8 Å². The molecule has 4 amide bonds. The average Bonchev–Trinajstić information content (AvgIpc) is 3.76. The molecule has 1 aliphatic heterocycles. The summed E-state index contributed by atoms with van der Waals surface area (Å²) in [6, 6.07) is 3.47. The molecule has 0 bridgehead atoms. The molecule has 16 heteroatoms. The number of rotatable bonds is 11. The van der Waals surface area contributed by atoms with Crippen molar-refractivity contribution >= 4 is 56.2 Å². The van der Waals surface area contributed by atoms with Gasteiger partial charge in [0.2, 0.25) is 27.7 Å². The van der Waals surface area contributed by atoms with Gasteiger partial charge in [-0.05, 0) is 51.5 Å². The Hall–Kier alpha value is -3.98. The SMILES string of the molecule is C=CC[C@@H](NC(=O)[C@@H]1C[C@@H](Oc2nnc(Cl)c3ccccc23)CN1C(=O)[C@@H](NC(=O)OC(C)(C)C)C(C)(C)C)C(=O)NS(=O)(=O)C1CC1. The number of sulfonamides is 1. The minimum Gasteiger partial charge on any atom is -0.471 e. The Kier molecular flexibility index (Phi) is 10.9. The summed E-state index contributed by atoms with van der Waals surface area (Å²) >= 11 is 6.24. The van der Waals surface area contributed by atoms with Crippen LogP contribution in [0.4, 0.5) is 4.79 Å². The lowest BCUT2D eigenvalue weighted by atomic mass is 9.85. The zero-order valence-corrected chi connectivity index (χ0v) is 29.5. The molecular weight excluding hydrogens is 664 g/mol. The van der Waals surface area contributed by atoms with Crippen LogP contribution >= 0.6 is 11.6 Å². The van der Waals surface area contributed by atoms with Crippen LogP contribution in [0.25, 0.3) is 10.8 Å². The molecule has 3 N–H and O–H groups in total. The van der Waals surface area contributed by atoms with E-state index in [2.05, 4.69) is 32.1 Å². The largest absolute Gasteiger partial charge is 0.471 e. The van der Waals surface area contributed by atoms with Crippen LogP contribution in [0, 0.1) is 5.41 Å². The Balaban J connectivity index is 1.64. The highest BCUT2D eigenvalue weighted by Gasteiger charge is 2.47. The molecule has 2 aliphatic rings. The lowest BCUT2D eigenvalue weighted by molar-refractivity contribution is -0.142. The highest BCUT2D eigenvalue weighted by molar-refractivity contribution is 7.90. The van der Waals surface area contributed by atoms with E-state index in [0.29, 0.717) is 23.6 Å². The van der Waals surface area contributed by atoms with E-state index in [1.807, 2.05) is 0 Å². The van der Waals surface area contributed by atoms with Crippen molar-refractivity contribution in [2.24, 2.45) is 5.41 Å². The van der Waals surface area contributed by atoms with Crippen LogP contribution in [0.2, 0.25) is 5.15 Å². The Bertz CT molecular complexity index is 1690. The number of carbonyl (C=O) groups is 4.